The number of piperazine rings is 1. The van der Waals surface area contributed by atoms with Crippen molar-refractivity contribution in [2.45, 2.75) is 6.92 Å². The van der Waals surface area contributed by atoms with Gasteiger partial charge in [-0.2, -0.15) is 5.10 Å². The molecule has 1 aliphatic rings. The number of rotatable bonds is 4. The Morgan fingerprint density at radius 1 is 1.22 bits per heavy atom. The number of H-pyrrole nitrogens is 1. The maximum Gasteiger partial charge on any atom is 0.231 e. The third kappa shape index (κ3) is 3.71. The van der Waals surface area contributed by atoms with Gasteiger partial charge in [0.15, 0.2) is 11.6 Å². The Morgan fingerprint density at radius 2 is 2.00 bits per heavy atom. The monoisotopic (exact) mass is 387 g/mol. The summed E-state index contributed by atoms with van der Waals surface area (Å²) < 4.78 is 25.9. The molecule has 9 nitrogen and oxygen atoms in total. The van der Waals surface area contributed by atoms with E-state index in [0.717, 1.165) is 54.6 Å². The molecule has 0 atom stereocenters. The second-order valence-electron chi connectivity index (χ2n) is 6.62. The van der Waals surface area contributed by atoms with Gasteiger partial charge in [0.25, 0.3) is 0 Å². The summed E-state index contributed by atoms with van der Waals surface area (Å²) in [5, 5.41) is 11.5. The van der Waals surface area contributed by atoms with Crippen molar-refractivity contribution in [3.8, 4) is 11.3 Å². The van der Waals surface area contributed by atoms with E-state index in [1.807, 2.05) is 30.0 Å². The Bertz CT molecular complexity index is 1090. The van der Waals surface area contributed by atoms with Crippen LogP contribution in [0.1, 0.15) is 5.69 Å². The minimum absolute atomic E-state index is 0.253. The van der Waals surface area contributed by atoms with E-state index in [4.69, 9.17) is 4.98 Å². The number of benzene rings is 1. The molecule has 27 heavy (non-hydrogen) atoms. The van der Waals surface area contributed by atoms with Crippen LogP contribution in [-0.2, 0) is 10.0 Å². The van der Waals surface area contributed by atoms with Gasteiger partial charge in [0, 0.05) is 42.8 Å². The number of fused-ring (bicyclic) bond motifs is 1. The van der Waals surface area contributed by atoms with Crippen LogP contribution in [0.25, 0.3) is 22.2 Å². The highest BCUT2D eigenvalue weighted by molar-refractivity contribution is 7.92. The minimum atomic E-state index is -3.45. The molecule has 2 aromatic heterocycles. The van der Waals surface area contributed by atoms with Crippen molar-refractivity contribution < 1.29 is 8.42 Å². The van der Waals surface area contributed by atoms with Crippen molar-refractivity contribution >= 4 is 32.6 Å². The Balaban J connectivity index is 1.79. The summed E-state index contributed by atoms with van der Waals surface area (Å²) in [5.74, 6) is 0.798. The van der Waals surface area contributed by atoms with E-state index in [2.05, 4.69) is 25.2 Å². The van der Waals surface area contributed by atoms with E-state index >= 15 is 0 Å². The molecule has 0 radical (unpaired) electrons. The summed E-state index contributed by atoms with van der Waals surface area (Å²) in [6, 6.07) is 5.89. The standard InChI is InChI=1S/C17H21N7O2S/c1-11-13-9-12(3-4-14(13)22-21-11)15-10-19-16(23-27(2,25)26)17(20-15)24-7-5-18-6-8-24/h3-4,9-10,18H,5-8H2,1-2H3,(H,19,23)(H,21,22). The summed E-state index contributed by atoms with van der Waals surface area (Å²) in [5.41, 5.74) is 3.46. The Morgan fingerprint density at radius 3 is 2.74 bits per heavy atom. The highest BCUT2D eigenvalue weighted by Gasteiger charge is 2.20. The Labute approximate surface area is 157 Å². The van der Waals surface area contributed by atoms with Crippen LogP contribution in [-0.4, -0.2) is 61.0 Å². The SMILES string of the molecule is Cc1[nH]nc2ccc(-c3cnc(NS(C)(=O)=O)c(N4CCNCC4)n3)cc12. The predicted molar refractivity (Wildman–Crippen MR) is 105 cm³/mol. The maximum atomic E-state index is 11.7. The number of anilines is 2. The average Bonchev–Trinajstić information content (AvgIpc) is 3.02. The van der Waals surface area contributed by atoms with Gasteiger partial charge in [0.1, 0.15) is 0 Å². The first-order chi connectivity index (χ1) is 12.9. The van der Waals surface area contributed by atoms with E-state index in [0.29, 0.717) is 11.5 Å². The smallest absolute Gasteiger partial charge is 0.231 e. The lowest BCUT2D eigenvalue weighted by Crippen LogP contribution is -2.44. The Kier molecular flexibility index (Phi) is 4.44. The van der Waals surface area contributed by atoms with Crippen molar-refractivity contribution in [2.24, 2.45) is 0 Å². The van der Waals surface area contributed by atoms with Crippen LogP contribution in [0.5, 0.6) is 0 Å². The number of aromatic amines is 1. The van der Waals surface area contributed by atoms with Crippen LogP contribution in [0.2, 0.25) is 0 Å². The van der Waals surface area contributed by atoms with Gasteiger partial charge in [-0.1, -0.05) is 6.07 Å². The number of aromatic nitrogens is 4. The van der Waals surface area contributed by atoms with Crippen molar-refractivity contribution in [1.82, 2.24) is 25.5 Å². The first-order valence-electron chi connectivity index (χ1n) is 8.66. The van der Waals surface area contributed by atoms with E-state index in [1.165, 1.54) is 0 Å². The Hall–Kier alpha value is -2.72. The molecule has 0 aliphatic carbocycles. The molecule has 1 saturated heterocycles. The molecule has 3 aromatic rings. The van der Waals surface area contributed by atoms with Gasteiger partial charge in [-0.25, -0.2) is 18.4 Å². The number of sulfonamides is 1. The molecule has 4 rings (SSSR count). The van der Waals surface area contributed by atoms with Crippen molar-refractivity contribution in [2.75, 3.05) is 42.1 Å². The second kappa shape index (κ2) is 6.78. The molecule has 0 bridgehead atoms. The lowest BCUT2D eigenvalue weighted by Gasteiger charge is -2.29. The van der Waals surface area contributed by atoms with Crippen molar-refractivity contribution in [3.05, 3.63) is 30.1 Å². The molecular weight excluding hydrogens is 366 g/mol. The normalized spacial score (nSPS) is 15.3. The first-order valence-corrected chi connectivity index (χ1v) is 10.6. The van der Waals surface area contributed by atoms with Gasteiger partial charge >= 0.3 is 0 Å². The van der Waals surface area contributed by atoms with Gasteiger partial charge in [-0.15, -0.1) is 0 Å². The topological polar surface area (TPSA) is 116 Å². The fourth-order valence-corrected chi connectivity index (χ4v) is 3.66. The molecule has 1 fully saturated rings. The predicted octanol–water partition coefficient (Wildman–Crippen LogP) is 1.11. The van der Waals surface area contributed by atoms with Gasteiger partial charge in [-0.3, -0.25) is 9.82 Å². The summed E-state index contributed by atoms with van der Waals surface area (Å²) in [6.07, 6.45) is 2.70. The van der Waals surface area contributed by atoms with Crippen LogP contribution >= 0.6 is 0 Å². The van der Waals surface area contributed by atoms with Crippen molar-refractivity contribution in [1.29, 1.82) is 0 Å². The maximum absolute atomic E-state index is 11.7. The average molecular weight is 387 g/mol. The summed E-state index contributed by atoms with van der Waals surface area (Å²) in [4.78, 5) is 11.2. The summed E-state index contributed by atoms with van der Waals surface area (Å²) >= 11 is 0. The molecule has 1 aromatic carbocycles. The van der Waals surface area contributed by atoms with Gasteiger partial charge < -0.3 is 10.2 Å². The van der Waals surface area contributed by atoms with Crippen LogP contribution in [0.3, 0.4) is 0 Å². The van der Waals surface area contributed by atoms with Gasteiger partial charge in [0.05, 0.1) is 23.7 Å². The molecule has 0 amide bonds. The molecule has 0 unspecified atom stereocenters. The molecule has 3 N–H and O–H groups in total. The second-order valence-corrected chi connectivity index (χ2v) is 8.37. The largest absolute Gasteiger partial charge is 0.351 e. The summed E-state index contributed by atoms with van der Waals surface area (Å²) in [7, 11) is -3.45. The van der Waals surface area contributed by atoms with E-state index in [9.17, 15) is 8.42 Å². The van der Waals surface area contributed by atoms with Crippen LogP contribution in [0, 0.1) is 6.92 Å². The highest BCUT2D eigenvalue weighted by atomic mass is 32.2. The highest BCUT2D eigenvalue weighted by Crippen LogP contribution is 2.29. The molecule has 10 heteroatoms. The molecule has 0 spiro atoms. The van der Waals surface area contributed by atoms with Gasteiger partial charge in [-0.05, 0) is 19.1 Å². The minimum Gasteiger partial charge on any atom is -0.351 e. The molecule has 0 saturated carbocycles. The molecule has 3 heterocycles. The van der Waals surface area contributed by atoms with E-state index in [-0.39, 0.29) is 5.82 Å². The number of aryl methyl sites for hydroxylation is 1. The van der Waals surface area contributed by atoms with Crippen molar-refractivity contribution in [3.63, 3.8) is 0 Å². The summed E-state index contributed by atoms with van der Waals surface area (Å²) in [6.45, 7) is 5.05. The zero-order chi connectivity index (χ0) is 19.0. The van der Waals surface area contributed by atoms with Crippen LogP contribution in [0.4, 0.5) is 11.6 Å². The number of nitrogens with one attached hydrogen (secondary N) is 3. The number of hydrogen-bond donors (Lipinski definition) is 3. The fraction of sp³-hybridized carbons (Fsp3) is 0.353. The number of nitrogens with zero attached hydrogens (tertiary/aromatic N) is 4. The van der Waals surface area contributed by atoms with Gasteiger partial charge in [0.2, 0.25) is 10.0 Å². The van der Waals surface area contributed by atoms with E-state index in [1.54, 1.807) is 6.20 Å². The zero-order valence-electron chi connectivity index (χ0n) is 15.2. The third-order valence-corrected chi connectivity index (χ3v) is 5.06. The first kappa shape index (κ1) is 17.7. The third-order valence-electron chi connectivity index (χ3n) is 4.49. The quantitative estimate of drug-likeness (QED) is 0.614. The fourth-order valence-electron chi connectivity index (χ4n) is 3.16. The zero-order valence-corrected chi connectivity index (χ0v) is 16.0. The lowest BCUT2D eigenvalue weighted by molar-refractivity contribution is 0.584. The molecule has 1 aliphatic heterocycles. The van der Waals surface area contributed by atoms with E-state index < -0.39 is 10.0 Å². The van der Waals surface area contributed by atoms with Crippen LogP contribution in [0.15, 0.2) is 24.4 Å². The number of hydrogen-bond acceptors (Lipinski definition) is 7. The van der Waals surface area contributed by atoms with Crippen LogP contribution < -0.4 is 14.9 Å². The molecule has 142 valence electrons. The molecular formula is C17H21N7O2S. The lowest BCUT2D eigenvalue weighted by atomic mass is 10.1.